The van der Waals surface area contributed by atoms with E-state index in [0.717, 1.165) is 51.4 Å². The molecule has 16 heteroatoms. The van der Waals surface area contributed by atoms with Gasteiger partial charge in [0.05, 0.1) is 39.6 Å². The first-order valence-electron chi connectivity index (χ1n) is 19.5. The number of carbonyl (C=O) groups excluding carboxylic acids is 6. The zero-order valence-electron chi connectivity index (χ0n) is 34.1. The van der Waals surface area contributed by atoms with Crippen molar-refractivity contribution in [2.24, 2.45) is 0 Å². The molecule has 314 valence electrons. The van der Waals surface area contributed by atoms with Crippen molar-refractivity contribution < 1.29 is 52.5 Å². The molecular formula is C38H71N5O11. The molecular weight excluding hydrogens is 702 g/mol. The molecule has 0 unspecified atom stereocenters. The molecule has 0 aliphatic carbocycles. The maximum absolute atomic E-state index is 12.7. The van der Waals surface area contributed by atoms with Crippen LogP contribution >= 0.6 is 0 Å². The topological polar surface area (TPSA) is 209 Å². The lowest BCUT2D eigenvalue weighted by Gasteiger charge is -2.20. The summed E-state index contributed by atoms with van der Waals surface area (Å²) in [6, 6.07) is -0.466. The van der Waals surface area contributed by atoms with Crippen molar-refractivity contribution in [1.82, 2.24) is 26.6 Å². The molecule has 0 aliphatic rings. The molecule has 0 aliphatic heterocycles. The van der Waals surface area contributed by atoms with Gasteiger partial charge in [0.15, 0.2) is 0 Å². The van der Waals surface area contributed by atoms with Gasteiger partial charge >= 0.3 is 18.2 Å². The predicted molar refractivity (Wildman–Crippen MR) is 205 cm³/mol. The standard InChI is InChI=1S/C38H71N5O11/c1-37(2,3)53-35(48)41-24-16-22-39-31(44)20-26-51-28-30(43-33(46)18-14-12-10-8-9-11-13-15-19-34(47)50-7)29-52-27-21-32(45)40-23-17-25-42-36(49)54-38(4,5)6/h30H,8-29H2,1-7H3,(H,39,44)(H,40,45)(H,41,48)(H,42,49)(H,43,46). The Morgan fingerprint density at radius 1 is 0.481 bits per heavy atom. The number of nitrogens with one attached hydrogen (secondary N) is 5. The highest BCUT2D eigenvalue weighted by Gasteiger charge is 2.17. The van der Waals surface area contributed by atoms with Gasteiger partial charge in [-0.2, -0.15) is 0 Å². The molecule has 54 heavy (non-hydrogen) atoms. The molecule has 0 fully saturated rings. The minimum Gasteiger partial charge on any atom is -0.469 e. The van der Waals surface area contributed by atoms with Crippen molar-refractivity contribution in [3.8, 4) is 0 Å². The number of carbonyl (C=O) groups is 6. The largest absolute Gasteiger partial charge is 0.469 e. The number of unbranched alkanes of at least 4 members (excludes halogenated alkanes) is 7. The van der Waals surface area contributed by atoms with Crippen molar-refractivity contribution in [2.75, 3.05) is 59.7 Å². The van der Waals surface area contributed by atoms with Gasteiger partial charge in [-0.15, -0.1) is 0 Å². The molecule has 0 saturated carbocycles. The smallest absolute Gasteiger partial charge is 0.407 e. The highest BCUT2D eigenvalue weighted by atomic mass is 16.6. The maximum atomic E-state index is 12.7. The second-order valence-corrected chi connectivity index (χ2v) is 15.1. The molecule has 0 rings (SSSR count). The summed E-state index contributed by atoms with van der Waals surface area (Å²) in [4.78, 5) is 71.8. The van der Waals surface area contributed by atoms with E-state index in [0.29, 0.717) is 51.9 Å². The van der Waals surface area contributed by atoms with Gasteiger partial charge < -0.3 is 50.3 Å². The Kier molecular flexibility index (Phi) is 28.6. The van der Waals surface area contributed by atoms with E-state index in [2.05, 4.69) is 31.3 Å². The van der Waals surface area contributed by atoms with Gasteiger partial charge in [-0.1, -0.05) is 38.5 Å². The van der Waals surface area contributed by atoms with Crippen LogP contribution in [0.15, 0.2) is 0 Å². The van der Waals surface area contributed by atoms with Crippen LogP contribution in [0.2, 0.25) is 0 Å². The van der Waals surface area contributed by atoms with Crippen LogP contribution in [0.3, 0.4) is 0 Å². The Labute approximate surface area is 323 Å². The van der Waals surface area contributed by atoms with Gasteiger partial charge in [0.1, 0.15) is 11.2 Å². The number of hydrogen-bond donors (Lipinski definition) is 5. The number of ether oxygens (including phenoxy) is 5. The van der Waals surface area contributed by atoms with E-state index in [-0.39, 0.29) is 63.0 Å². The maximum Gasteiger partial charge on any atom is 0.407 e. The molecule has 0 aromatic heterocycles. The third-order valence-electron chi connectivity index (χ3n) is 7.40. The Bertz CT molecular complexity index is 1020. The summed E-state index contributed by atoms with van der Waals surface area (Å²) in [7, 11) is 1.40. The zero-order chi connectivity index (χ0) is 40.7. The van der Waals surface area contributed by atoms with E-state index in [9.17, 15) is 28.8 Å². The molecule has 16 nitrogen and oxygen atoms in total. The van der Waals surface area contributed by atoms with Gasteiger partial charge in [-0.3, -0.25) is 19.2 Å². The molecule has 0 atom stereocenters. The van der Waals surface area contributed by atoms with Crippen molar-refractivity contribution >= 4 is 35.9 Å². The first-order valence-corrected chi connectivity index (χ1v) is 19.5. The lowest BCUT2D eigenvalue weighted by atomic mass is 10.1. The number of hydrogen-bond acceptors (Lipinski definition) is 11. The molecule has 0 aromatic rings. The van der Waals surface area contributed by atoms with E-state index < -0.39 is 29.4 Å². The van der Waals surface area contributed by atoms with Crippen LogP contribution in [0.5, 0.6) is 0 Å². The number of esters is 1. The van der Waals surface area contributed by atoms with Crippen molar-refractivity contribution in [3.05, 3.63) is 0 Å². The molecule has 0 spiro atoms. The molecule has 5 N–H and O–H groups in total. The number of rotatable bonds is 30. The molecule has 0 saturated heterocycles. The minimum atomic E-state index is -0.579. The Hall–Kier alpha value is -3.66. The highest BCUT2D eigenvalue weighted by Crippen LogP contribution is 2.11. The van der Waals surface area contributed by atoms with Gasteiger partial charge in [-0.05, 0) is 67.2 Å². The average Bonchev–Trinajstić information content (AvgIpc) is 3.07. The Balaban J connectivity index is 4.48. The van der Waals surface area contributed by atoms with E-state index in [1.54, 1.807) is 41.5 Å². The monoisotopic (exact) mass is 774 g/mol. The quantitative estimate of drug-likeness (QED) is 0.0392. The normalized spacial score (nSPS) is 11.4. The van der Waals surface area contributed by atoms with Crippen LogP contribution in [-0.4, -0.2) is 113 Å². The number of alkyl carbamates (subject to hydrolysis) is 2. The number of amides is 5. The van der Waals surface area contributed by atoms with Crippen LogP contribution in [-0.2, 0) is 42.9 Å². The minimum absolute atomic E-state index is 0.120. The predicted octanol–water partition coefficient (Wildman–Crippen LogP) is 4.42. The third kappa shape index (κ3) is 35.4. The molecule has 0 radical (unpaired) electrons. The third-order valence-corrected chi connectivity index (χ3v) is 7.40. The van der Waals surface area contributed by atoms with Crippen LogP contribution in [0, 0.1) is 0 Å². The SMILES string of the molecule is COC(=O)CCCCCCCCCCC(=O)NC(COCCC(=O)NCCCNC(=O)OC(C)(C)C)COCCC(=O)NCCCNC(=O)OC(C)(C)C. The lowest BCUT2D eigenvalue weighted by Crippen LogP contribution is -2.42. The average molecular weight is 774 g/mol. The summed E-state index contributed by atoms with van der Waals surface area (Å²) >= 11 is 0. The summed E-state index contributed by atoms with van der Waals surface area (Å²) < 4.78 is 26.4. The first kappa shape index (κ1) is 50.3. The summed E-state index contributed by atoms with van der Waals surface area (Å²) in [6.07, 6.45) is 8.96. The summed E-state index contributed by atoms with van der Waals surface area (Å²) in [6.45, 7) is 12.7. The van der Waals surface area contributed by atoms with Crippen LogP contribution < -0.4 is 26.6 Å². The summed E-state index contributed by atoms with van der Waals surface area (Å²) in [5.41, 5.74) is -1.16. The van der Waals surface area contributed by atoms with Gasteiger partial charge in [-0.25, -0.2) is 9.59 Å². The zero-order valence-corrected chi connectivity index (χ0v) is 34.1. The molecule has 0 bridgehead atoms. The van der Waals surface area contributed by atoms with Crippen molar-refractivity contribution in [3.63, 3.8) is 0 Å². The fraction of sp³-hybridized carbons (Fsp3) is 0.842. The number of methoxy groups -OCH3 is 1. The van der Waals surface area contributed by atoms with E-state index in [1.807, 2.05) is 0 Å². The second kappa shape index (κ2) is 30.6. The van der Waals surface area contributed by atoms with Crippen molar-refractivity contribution in [1.29, 1.82) is 0 Å². The van der Waals surface area contributed by atoms with Crippen LogP contribution in [0.25, 0.3) is 0 Å². The molecule has 0 heterocycles. The van der Waals surface area contributed by atoms with Crippen LogP contribution in [0.4, 0.5) is 9.59 Å². The van der Waals surface area contributed by atoms with Gasteiger partial charge in [0, 0.05) is 51.9 Å². The summed E-state index contributed by atoms with van der Waals surface area (Å²) in [5.74, 6) is -0.683. The lowest BCUT2D eigenvalue weighted by molar-refractivity contribution is -0.140. The molecule has 5 amide bonds. The Morgan fingerprint density at radius 2 is 0.870 bits per heavy atom. The van der Waals surface area contributed by atoms with E-state index in [4.69, 9.17) is 18.9 Å². The van der Waals surface area contributed by atoms with Gasteiger partial charge in [0.2, 0.25) is 17.7 Å². The fourth-order valence-electron chi connectivity index (χ4n) is 4.75. The van der Waals surface area contributed by atoms with Crippen LogP contribution in [0.1, 0.15) is 131 Å². The Morgan fingerprint density at radius 3 is 1.28 bits per heavy atom. The second-order valence-electron chi connectivity index (χ2n) is 15.1. The first-order chi connectivity index (χ1) is 25.5. The van der Waals surface area contributed by atoms with E-state index >= 15 is 0 Å². The van der Waals surface area contributed by atoms with Crippen molar-refractivity contribution in [2.45, 2.75) is 149 Å². The molecule has 0 aromatic carbocycles. The van der Waals surface area contributed by atoms with Gasteiger partial charge in [0.25, 0.3) is 0 Å². The highest BCUT2D eigenvalue weighted by molar-refractivity contribution is 5.77. The fourth-order valence-corrected chi connectivity index (χ4v) is 4.75. The summed E-state index contributed by atoms with van der Waals surface area (Å²) in [5, 5.41) is 13.8. The van der Waals surface area contributed by atoms with E-state index in [1.165, 1.54) is 7.11 Å².